The van der Waals surface area contributed by atoms with Gasteiger partial charge in [0.2, 0.25) is 0 Å². The number of hydrogen-bond donors (Lipinski definition) is 3. The molecule has 5 unspecified atom stereocenters. The molecule has 2 bridgehead atoms. The summed E-state index contributed by atoms with van der Waals surface area (Å²) < 4.78 is 3.11. The Labute approximate surface area is 146 Å². The van der Waals surface area contributed by atoms with Gasteiger partial charge in [-0.15, -0.1) is 0 Å². The molecule has 5 atom stereocenters. The number of rotatable bonds is 3. The van der Waals surface area contributed by atoms with Crippen molar-refractivity contribution in [3.8, 4) is 0 Å². The number of nitrogens with zero attached hydrogens (tertiary/aromatic N) is 2. The SMILES string of the molecule is S=c1[nH]nc(C2CC(c3ccccc3)NN2)n1C1CC2CCC1C2. The van der Waals surface area contributed by atoms with Gasteiger partial charge in [-0.25, -0.2) is 10.9 Å². The van der Waals surface area contributed by atoms with Gasteiger partial charge in [0.15, 0.2) is 4.77 Å². The van der Waals surface area contributed by atoms with Crippen LogP contribution >= 0.6 is 12.2 Å². The number of hydrogen-bond acceptors (Lipinski definition) is 4. The second kappa shape index (κ2) is 5.79. The molecule has 126 valence electrons. The third-order valence-electron chi connectivity index (χ3n) is 6.18. The van der Waals surface area contributed by atoms with Gasteiger partial charge in [-0.3, -0.25) is 9.67 Å². The van der Waals surface area contributed by atoms with E-state index in [9.17, 15) is 0 Å². The summed E-state index contributed by atoms with van der Waals surface area (Å²) in [6.07, 6.45) is 6.39. The smallest absolute Gasteiger partial charge is 0.195 e. The molecule has 2 heterocycles. The first kappa shape index (κ1) is 14.8. The number of nitrogens with one attached hydrogen (secondary N) is 3. The van der Waals surface area contributed by atoms with Crippen LogP contribution in [0.25, 0.3) is 0 Å². The molecule has 0 radical (unpaired) electrons. The highest BCUT2D eigenvalue weighted by atomic mass is 32.1. The molecule has 5 nitrogen and oxygen atoms in total. The average molecular weight is 341 g/mol. The second-order valence-corrected chi connectivity index (χ2v) is 7.93. The maximum absolute atomic E-state index is 5.58. The van der Waals surface area contributed by atoms with Gasteiger partial charge in [0.1, 0.15) is 5.82 Å². The van der Waals surface area contributed by atoms with Crippen LogP contribution in [0.3, 0.4) is 0 Å². The minimum Gasteiger partial charge on any atom is -0.299 e. The molecule has 2 aliphatic carbocycles. The number of fused-ring (bicyclic) bond motifs is 2. The van der Waals surface area contributed by atoms with Crippen LogP contribution in [0.15, 0.2) is 30.3 Å². The lowest BCUT2D eigenvalue weighted by molar-refractivity contribution is 0.312. The summed E-state index contributed by atoms with van der Waals surface area (Å²) in [5.74, 6) is 2.76. The normalized spacial score (nSPS) is 34.9. The predicted molar refractivity (Wildman–Crippen MR) is 94.7 cm³/mol. The van der Waals surface area contributed by atoms with Crippen molar-refractivity contribution < 1.29 is 0 Å². The number of hydrazine groups is 1. The van der Waals surface area contributed by atoms with Crippen LogP contribution in [0, 0.1) is 16.6 Å². The summed E-state index contributed by atoms with van der Waals surface area (Å²) in [7, 11) is 0. The molecule has 3 aliphatic rings. The largest absolute Gasteiger partial charge is 0.299 e. The summed E-state index contributed by atoms with van der Waals surface area (Å²) >= 11 is 5.58. The Morgan fingerprint density at radius 1 is 1.00 bits per heavy atom. The van der Waals surface area contributed by atoms with Gasteiger partial charge in [-0.1, -0.05) is 36.8 Å². The lowest BCUT2D eigenvalue weighted by Crippen LogP contribution is -2.29. The molecule has 1 aliphatic heterocycles. The molecular formula is C18H23N5S. The van der Waals surface area contributed by atoms with E-state index in [-0.39, 0.29) is 6.04 Å². The summed E-state index contributed by atoms with van der Waals surface area (Å²) in [5, 5.41) is 7.65. The molecule has 3 fully saturated rings. The van der Waals surface area contributed by atoms with E-state index in [1.165, 1.54) is 31.2 Å². The molecule has 0 spiro atoms. The van der Waals surface area contributed by atoms with Crippen molar-refractivity contribution in [3.63, 3.8) is 0 Å². The molecule has 3 N–H and O–H groups in total. The first-order valence-corrected chi connectivity index (χ1v) is 9.43. The van der Waals surface area contributed by atoms with Gasteiger partial charge in [-0.2, -0.15) is 5.10 Å². The van der Waals surface area contributed by atoms with Crippen molar-refractivity contribution >= 4 is 12.2 Å². The zero-order valence-electron chi connectivity index (χ0n) is 13.6. The van der Waals surface area contributed by atoms with E-state index < -0.39 is 0 Å². The lowest BCUT2D eigenvalue weighted by atomic mass is 9.94. The van der Waals surface area contributed by atoms with Crippen LogP contribution in [0.5, 0.6) is 0 Å². The fourth-order valence-electron chi connectivity index (χ4n) is 5.04. The fraction of sp³-hybridized carbons (Fsp3) is 0.556. The summed E-state index contributed by atoms with van der Waals surface area (Å²) in [6.45, 7) is 0. The van der Waals surface area contributed by atoms with Gasteiger partial charge in [0.25, 0.3) is 0 Å². The van der Waals surface area contributed by atoms with Gasteiger partial charge in [-0.05, 0) is 55.3 Å². The van der Waals surface area contributed by atoms with Crippen molar-refractivity contribution in [2.24, 2.45) is 11.8 Å². The Bertz CT molecular complexity index is 782. The first-order chi connectivity index (χ1) is 11.8. The minimum atomic E-state index is 0.197. The average Bonchev–Trinajstić information content (AvgIpc) is 3.38. The molecule has 2 aromatic rings. The monoisotopic (exact) mass is 341 g/mol. The van der Waals surface area contributed by atoms with E-state index >= 15 is 0 Å². The first-order valence-electron chi connectivity index (χ1n) is 9.02. The Hall–Kier alpha value is -1.50. The summed E-state index contributed by atoms with van der Waals surface area (Å²) in [6, 6.07) is 11.7. The number of aromatic nitrogens is 3. The quantitative estimate of drug-likeness (QED) is 0.747. The molecule has 1 saturated heterocycles. The molecule has 0 amide bonds. The maximum atomic E-state index is 5.58. The van der Waals surface area contributed by atoms with Gasteiger partial charge >= 0.3 is 0 Å². The third kappa shape index (κ3) is 2.36. The molecule has 6 heteroatoms. The van der Waals surface area contributed by atoms with Crippen molar-refractivity contribution in [3.05, 3.63) is 46.5 Å². The second-order valence-electron chi connectivity index (χ2n) is 7.54. The Morgan fingerprint density at radius 2 is 1.83 bits per heavy atom. The van der Waals surface area contributed by atoms with Crippen molar-refractivity contribution in [2.75, 3.05) is 0 Å². The van der Waals surface area contributed by atoms with Crippen LogP contribution in [0.4, 0.5) is 0 Å². The lowest BCUT2D eigenvalue weighted by Gasteiger charge is -2.25. The maximum Gasteiger partial charge on any atom is 0.195 e. The van der Waals surface area contributed by atoms with E-state index in [0.717, 1.165) is 28.9 Å². The van der Waals surface area contributed by atoms with Crippen molar-refractivity contribution in [1.82, 2.24) is 25.6 Å². The van der Waals surface area contributed by atoms with Crippen LogP contribution < -0.4 is 10.9 Å². The number of aromatic amines is 1. The van der Waals surface area contributed by atoms with Crippen LogP contribution in [0.2, 0.25) is 0 Å². The zero-order chi connectivity index (χ0) is 16.1. The van der Waals surface area contributed by atoms with Gasteiger partial charge < -0.3 is 0 Å². The molecule has 1 aromatic heterocycles. The highest BCUT2D eigenvalue weighted by Gasteiger charge is 2.42. The fourth-order valence-corrected chi connectivity index (χ4v) is 5.31. The molecule has 5 rings (SSSR count). The van der Waals surface area contributed by atoms with Gasteiger partial charge in [0, 0.05) is 12.1 Å². The number of H-pyrrole nitrogens is 1. The van der Waals surface area contributed by atoms with E-state index in [2.05, 4.69) is 55.9 Å². The van der Waals surface area contributed by atoms with Crippen LogP contribution in [0.1, 0.15) is 61.6 Å². The summed E-state index contributed by atoms with van der Waals surface area (Å²) in [5.41, 5.74) is 8.19. The topological polar surface area (TPSA) is 57.7 Å². The molecule has 24 heavy (non-hydrogen) atoms. The van der Waals surface area contributed by atoms with Crippen molar-refractivity contribution in [1.29, 1.82) is 0 Å². The number of benzene rings is 1. The standard InChI is InChI=1S/C18H23N5S/c24-18-22-21-17(23(18)16-9-11-6-7-13(16)8-11)15-10-14(19-20-15)12-4-2-1-3-5-12/h1-5,11,13-16,19-20H,6-10H2,(H,22,24). The Morgan fingerprint density at radius 3 is 2.58 bits per heavy atom. The molecule has 1 aromatic carbocycles. The van der Waals surface area contributed by atoms with Gasteiger partial charge in [0.05, 0.1) is 6.04 Å². The van der Waals surface area contributed by atoms with E-state index in [4.69, 9.17) is 12.2 Å². The summed E-state index contributed by atoms with van der Waals surface area (Å²) in [4.78, 5) is 0. The minimum absolute atomic E-state index is 0.197. The predicted octanol–water partition coefficient (Wildman–Crippen LogP) is 3.58. The van der Waals surface area contributed by atoms with Crippen molar-refractivity contribution in [2.45, 2.75) is 50.2 Å². The Balaban J connectivity index is 1.41. The highest BCUT2D eigenvalue weighted by molar-refractivity contribution is 7.71. The molecule has 2 saturated carbocycles. The zero-order valence-corrected chi connectivity index (χ0v) is 14.4. The van der Waals surface area contributed by atoms with E-state index in [1.807, 2.05) is 0 Å². The van der Waals surface area contributed by atoms with E-state index in [0.29, 0.717) is 12.1 Å². The third-order valence-corrected chi connectivity index (χ3v) is 6.47. The van der Waals surface area contributed by atoms with Crippen LogP contribution in [-0.2, 0) is 0 Å². The Kier molecular flexibility index (Phi) is 3.57. The van der Waals surface area contributed by atoms with Crippen LogP contribution in [-0.4, -0.2) is 14.8 Å². The highest BCUT2D eigenvalue weighted by Crippen LogP contribution is 2.51. The van der Waals surface area contributed by atoms with E-state index in [1.54, 1.807) is 0 Å². The molecular weight excluding hydrogens is 318 g/mol.